The van der Waals surface area contributed by atoms with E-state index in [1.54, 1.807) is 24.7 Å². The molecule has 0 aliphatic heterocycles. The number of nitrogens with one attached hydrogen (secondary N) is 2. The average molecular weight is 405 g/mol. The molecule has 3 aromatic rings. The van der Waals surface area contributed by atoms with Crippen LogP contribution in [0.15, 0.2) is 49.2 Å². The molecular weight excluding hydrogens is 387 g/mol. The maximum Gasteiger partial charge on any atom is 0.273 e. The Morgan fingerprint density at radius 1 is 1.15 bits per heavy atom. The topological polar surface area (TPSA) is 84.7 Å². The number of hydrogen-bond acceptors (Lipinski definition) is 5. The molecule has 0 aliphatic rings. The minimum Gasteiger partial charge on any atom is -0.379 e. The van der Waals surface area contributed by atoms with Gasteiger partial charge in [-0.1, -0.05) is 23.2 Å². The number of aromatic nitrogens is 4. The first-order valence-electron chi connectivity index (χ1n) is 8.36. The molecule has 140 valence electrons. The largest absolute Gasteiger partial charge is 0.379 e. The molecule has 1 amide bonds. The molecule has 0 saturated carbocycles. The summed E-state index contributed by atoms with van der Waals surface area (Å²) >= 11 is 12.0. The summed E-state index contributed by atoms with van der Waals surface area (Å²) < 4.78 is 1.96. The molecule has 9 heteroatoms. The zero-order valence-corrected chi connectivity index (χ0v) is 15.9. The molecular formula is C18H18Cl2N6O. The van der Waals surface area contributed by atoms with E-state index in [4.69, 9.17) is 23.2 Å². The lowest BCUT2D eigenvalue weighted by atomic mass is 10.2. The van der Waals surface area contributed by atoms with E-state index in [9.17, 15) is 4.79 Å². The predicted molar refractivity (Wildman–Crippen MR) is 105 cm³/mol. The molecule has 2 aromatic heterocycles. The van der Waals surface area contributed by atoms with Crippen LogP contribution in [0.25, 0.3) is 0 Å². The van der Waals surface area contributed by atoms with Gasteiger partial charge < -0.3 is 15.2 Å². The predicted octanol–water partition coefficient (Wildman–Crippen LogP) is 3.41. The molecule has 0 fully saturated rings. The lowest BCUT2D eigenvalue weighted by molar-refractivity contribution is 0.0947. The van der Waals surface area contributed by atoms with Crippen LogP contribution < -0.4 is 10.6 Å². The summed E-state index contributed by atoms with van der Waals surface area (Å²) in [7, 11) is 0. The minimum absolute atomic E-state index is 0.244. The number of carbonyl (C=O) groups excluding carboxylic acids is 1. The van der Waals surface area contributed by atoms with Crippen LogP contribution in [0.5, 0.6) is 0 Å². The molecule has 2 N–H and O–H groups in total. The molecule has 0 atom stereocenters. The molecule has 27 heavy (non-hydrogen) atoms. The smallest absolute Gasteiger partial charge is 0.273 e. The zero-order chi connectivity index (χ0) is 19.1. The van der Waals surface area contributed by atoms with Gasteiger partial charge in [-0.3, -0.25) is 4.79 Å². The third-order valence-corrected chi connectivity index (χ3v) is 4.22. The van der Waals surface area contributed by atoms with Gasteiger partial charge in [-0.2, -0.15) is 5.10 Å². The number of benzene rings is 1. The first kappa shape index (κ1) is 19.1. The second-order valence-electron chi connectivity index (χ2n) is 5.83. The number of anilines is 1. The summed E-state index contributed by atoms with van der Waals surface area (Å²) in [4.78, 5) is 16.4. The quantitative estimate of drug-likeness (QED) is 0.561. The van der Waals surface area contributed by atoms with Crippen LogP contribution in [0.1, 0.15) is 22.5 Å². The Morgan fingerprint density at radius 3 is 2.70 bits per heavy atom. The molecule has 7 nitrogen and oxygen atoms in total. The van der Waals surface area contributed by atoms with E-state index in [1.165, 1.54) is 6.20 Å². The molecule has 0 unspecified atom stereocenters. The monoisotopic (exact) mass is 404 g/mol. The van der Waals surface area contributed by atoms with Crippen LogP contribution in [0.2, 0.25) is 10.0 Å². The third kappa shape index (κ3) is 5.67. The second-order valence-corrected chi connectivity index (χ2v) is 6.71. The maximum atomic E-state index is 12.4. The molecule has 1 aromatic carbocycles. The van der Waals surface area contributed by atoms with Crippen molar-refractivity contribution in [2.45, 2.75) is 19.5 Å². The highest BCUT2D eigenvalue weighted by Gasteiger charge is 2.13. The van der Waals surface area contributed by atoms with Crippen LogP contribution in [0, 0.1) is 0 Å². The molecule has 0 bridgehead atoms. The maximum absolute atomic E-state index is 12.4. The summed E-state index contributed by atoms with van der Waals surface area (Å²) in [5.41, 5.74) is 1.73. The number of rotatable bonds is 8. The fourth-order valence-electron chi connectivity index (χ4n) is 2.52. The molecule has 0 radical (unpaired) electrons. The van der Waals surface area contributed by atoms with Crippen molar-refractivity contribution in [3.8, 4) is 0 Å². The van der Waals surface area contributed by atoms with Gasteiger partial charge in [0.1, 0.15) is 0 Å². The molecule has 0 aliphatic carbocycles. The van der Waals surface area contributed by atoms with Crippen molar-refractivity contribution in [1.29, 1.82) is 0 Å². The summed E-state index contributed by atoms with van der Waals surface area (Å²) in [5, 5.41) is 14.9. The van der Waals surface area contributed by atoms with E-state index in [0.29, 0.717) is 28.8 Å². The Balaban J connectivity index is 1.56. The van der Waals surface area contributed by atoms with E-state index in [1.807, 2.05) is 22.9 Å². The number of imidazole rings is 1. The van der Waals surface area contributed by atoms with E-state index < -0.39 is 0 Å². The van der Waals surface area contributed by atoms with Crippen molar-refractivity contribution >= 4 is 34.8 Å². The first-order valence-corrected chi connectivity index (χ1v) is 9.12. The van der Waals surface area contributed by atoms with Crippen molar-refractivity contribution in [2.24, 2.45) is 0 Å². The molecule has 0 spiro atoms. The Labute approximate surface area is 166 Å². The van der Waals surface area contributed by atoms with Crippen LogP contribution in [0.3, 0.4) is 0 Å². The van der Waals surface area contributed by atoms with E-state index >= 15 is 0 Å². The summed E-state index contributed by atoms with van der Waals surface area (Å²) in [5.74, 6) is -0.277. The minimum atomic E-state index is -0.277. The highest BCUT2D eigenvalue weighted by molar-refractivity contribution is 6.34. The Hall–Kier alpha value is -2.64. The summed E-state index contributed by atoms with van der Waals surface area (Å²) in [6, 6.07) is 7.00. The number of nitrogens with zero attached hydrogens (tertiary/aromatic N) is 4. The van der Waals surface area contributed by atoms with Crippen molar-refractivity contribution in [1.82, 2.24) is 25.1 Å². The van der Waals surface area contributed by atoms with Gasteiger partial charge in [0.2, 0.25) is 0 Å². The van der Waals surface area contributed by atoms with Gasteiger partial charge in [-0.15, -0.1) is 5.10 Å². The van der Waals surface area contributed by atoms with Crippen molar-refractivity contribution in [3.63, 3.8) is 0 Å². The van der Waals surface area contributed by atoms with Gasteiger partial charge in [0, 0.05) is 42.1 Å². The lowest BCUT2D eigenvalue weighted by Gasteiger charge is -2.11. The Morgan fingerprint density at radius 2 is 1.96 bits per heavy atom. The fraction of sp³-hybridized carbons (Fsp3) is 0.222. The van der Waals surface area contributed by atoms with Gasteiger partial charge in [-0.25, -0.2) is 4.98 Å². The number of carbonyl (C=O) groups is 1. The van der Waals surface area contributed by atoms with Crippen molar-refractivity contribution < 1.29 is 4.79 Å². The van der Waals surface area contributed by atoms with Crippen LogP contribution in [-0.4, -0.2) is 32.2 Å². The van der Waals surface area contributed by atoms with Crippen LogP contribution in [-0.2, 0) is 13.1 Å². The fourth-order valence-corrected chi connectivity index (χ4v) is 3.09. The van der Waals surface area contributed by atoms with Gasteiger partial charge in [0.25, 0.3) is 5.91 Å². The number of halogens is 2. The average Bonchev–Trinajstić information content (AvgIpc) is 3.16. The van der Waals surface area contributed by atoms with E-state index in [-0.39, 0.29) is 11.6 Å². The van der Waals surface area contributed by atoms with Crippen molar-refractivity contribution in [2.75, 3.05) is 11.9 Å². The third-order valence-electron chi connectivity index (χ3n) is 3.78. The van der Waals surface area contributed by atoms with E-state index in [0.717, 1.165) is 18.5 Å². The first-order chi connectivity index (χ1) is 13.1. The summed E-state index contributed by atoms with van der Waals surface area (Å²) in [6.45, 7) is 1.76. The Bertz CT molecular complexity index is 880. The van der Waals surface area contributed by atoms with Gasteiger partial charge in [0.05, 0.1) is 18.2 Å². The highest BCUT2D eigenvalue weighted by atomic mass is 35.5. The number of aryl methyl sites for hydroxylation is 1. The standard InChI is InChI=1S/C18H18Cl2N6O/c19-14-8-13(9-15(20)10-14)11-23-16-2-4-24-25-17(16)18(27)22-3-1-6-26-7-5-21-12-26/h2,4-5,7-10,12H,1,3,6,11H2,(H,22,27)(H,23,24). The number of amides is 1. The molecule has 3 rings (SSSR count). The van der Waals surface area contributed by atoms with E-state index in [2.05, 4.69) is 25.8 Å². The second kappa shape index (κ2) is 9.34. The normalized spacial score (nSPS) is 10.6. The van der Waals surface area contributed by atoms with Gasteiger partial charge in [0.15, 0.2) is 5.69 Å². The van der Waals surface area contributed by atoms with Crippen LogP contribution >= 0.6 is 23.2 Å². The zero-order valence-electron chi connectivity index (χ0n) is 14.4. The summed E-state index contributed by atoms with van der Waals surface area (Å²) in [6.07, 6.45) is 7.67. The molecule has 0 saturated heterocycles. The lowest BCUT2D eigenvalue weighted by Crippen LogP contribution is -2.27. The number of hydrogen-bond donors (Lipinski definition) is 2. The van der Waals surface area contributed by atoms with Gasteiger partial charge >= 0.3 is 0 Å². The highest BCUT2D eigenvalue weighted by Crippen LogP contribution is 2.20. The SMILES string of the molecule is O=C(NCCCn1ccnc1)c1nnccc1NCc1cc(Cl)cc(Cl)c1. The van der Waals surface area contributed by atoms with Crippen LogP contribution in [0.4, 0.5) is 5.69 Å². The molecule has 2 heterocycles. The van der Waals surface area contributed by atoms with Crippen molar-refractivity contribution in [3.05, 3.63) is 70.5 Å². The Kier molecular flexibility index (Phi) is 6.62. The van der Waals surface area contributed by atoms with Gasteiger partial charge in [-0.05, 0) is 36.2 Å².